The van der Waals surface area contributed by atoms with E-state index in [-0.39, 0.29) is 29.1 Å². The Hall–Kier alpha value is -1.79. The van der Waals surface area contributed by atoms with Crippen LogP contribution in [0.25, 0.3) is 11.4 Å². The molecule has 18 heavy (non-hydrogen) atoms. The Bertz CT molecular complexity index is 523. The summed E-state index contributed by atoms with van der Waals surface area (Å²) in [5, 5.41) is 0.128. The molecule has 0 aliphatic carbocycles. The molecule has 2 aromatic heterocycles. The number of hydrogen-bond donors (Lipinski definition) is 2. The van der Waals surface area contributed by atoms with Gasteiger partial charge in [0.15, 0.2) is 16.8 Å². The van der Waals surface area contributed by atoms with E-state index in [1.807, 2.05) is 0 Å². The van der Waals surface area contributed by atoms with E-state index in [1.54, 1.807) is 18.3 Å². The first-order valence-corrected chi connectivity index (χ1v) is 5.08. The molecule has 0 atom stereocenters. The lowest BCUT2D eigenvalue weighted by molar-refractivity contribution is 0.398. The summed E-state index contributed by atoms with van der Waals surface area (Å²) in [5.41, 5.74) is 12.0. The first kappa shape index (κ1) is 14.3. The van der Waals surface area contributed by atoms with Gasteiger partial charge in [-0.3, -0.25) is 0 Å². The number of pyridine rings is 1. The number of halogens is 2. The predicted molar refractivity (Wildman–Crippen MR) is 72.9 cm³/mol. The molecule has 4 N–H and O–H groups in total. The van der Waals surface area contributed by atoms with Crippen molar-refractivity contribution in [3.05, 3.63) is 23.5 Å². The second kappa shape index (κ2) is 5.70. The number of aromatic nitrogens is 3. The summed E-state index contributed by atoms with van der Waals surface area (Å²) in [6.07, 6.45) is 1.57. The fourth-order valence-electron chi connectivity index (χ4n) is 1.22. The van der Waals surface area contributed by atoms with Crippen LogP contribution in [-0.2, 0) is 0 Å². The number of ether oxygens (including phenoxy) is 1. The third kappa shape index (κ3) is 2.72. The summed E-state index contributed by atoms with van der Waals surface area (Å²) in [7, 11) is 1.54. The monoisotopic (exact) mass is 287 g/mol. The van der Waals surface area contributed by atoms with E-state index < -0.39 is 0 Å². The zero-order valence-electron chi connectivity index (χ0n) is 9.42. The van der Waals surface area contributed by atoms with Crippen molar-refractivity contribution in [2.45, 2.75) is 0 Å². The number of nitrogen functional groups attached to an aromatic ring is 2. The van der Waals surface area contributed by atoms with E-state index in [9.17, 15) is 0 Å². The molecular formula is C10H11Cl2N5O. The van der Waals surface area contributed by atoms with Crippen LogP contribution >= 0.6 is 24.0 Å². The lowest BCUT2D eigenvalue weighted by atomic mass is 10.2. The highest BCUT2D eigenvalue weighted by atomic mass is 35.5. The van der Waals surface area contributed by atoms with E-state index in [1.165, 1.54) is 7.11 Å². The quantitative estimate of drug-likeness (QED) is 0.817. The van der Waals surface area contributed by atoms with Gasteiger partial charge in [0.1, 0.15) is 5.69 Å². The van der Waals surface area contributed by atoms with E-state index in [0.29, 0.717) is 17.3 Å². The van der Waals surface area contributed by atoms with Crippen LogP contribution in [0.4, 0.5) is 11.5 Å². The summed E-state index contributed by atoms with van der Waals surface area (Å²) in [5.74, 6) is 1.02. The van der Waals surface area contributed by atoms with Crippen LogP contribution in [0.3, 0.4) is 0 Å². The van der Waals surface area contributed by atoms with Crippen LogP contribution in [0, 0.1) is 0 Å². The number of nitrogens with zero attached hydrogens (tertiary/aromatic N) is 3. The standard InChI is InChI=1S/C10H10ClN5O.ClH/c1-17-6-3-2-5(4-14-6)10-15-8(11)7(12)9(13)16-10;/h2-4H,12H2,1H3,(H2,13,15,16);1H. The predicted octanol–water partition coefficient (Wildman–Crippen LogP) is 1.79. The smallest absolute Gasteiger partial charge is 0.212 e. The van der Waals surface area contributed by atoms with Crippen molar-refractivity contribution < 1.29 is 4.74 Å². The largest absolute Gasteiger partial charge is 0.481 e. The molecular weight excluding hydrogens is 277 g/mol. The second-order valence-corrected chi connectivity index (χ2v) is 3.58. The summed E-state index contributed by atoms with van der Waals surface area (Å²) < 4.78 is 4.95. The van der Waals surface area contributed by atoms with Gasteiger partial charge in [-0.15, -0.1) is 12.4 Å². The van der Waals surface area contributed by atoms with Crippen LogP contribution in [-0.4, -0.2) is 22.1 Å². The van der Waals surface area contributed by atoms with E-state index in [0.717, 1.165) is 0 Å². The third-order valence-corrected chi connectivity index (χ3v) is 2.42. The van der Waals surface area contributed by atoms with Gasteiger partial charge in [-0.2, -0.15) is 0 Å². The van der Waals surface area contributed by atoms with Gasteiger partial charge in [0, 0.05) is 17.8 Å². The molecule has 0 aliphatic rings. The molecule has 2 heterocycles. The van der Waals surface area contributed by atoms with Crippen LogP contribution in [0.5, 0.6) is 5.88 Å². The molecule has 2 rings (SSSR count). The molecule has 0 bridgehead atoms. The van der Waals surface area contributed by atoms with Gasteiger partial charge >= 0.3 is 0 Å². The number of hydrogen-bond acceptors (Lipinski definition) is 6. The highest BCUT2D eigenvalue weighted by Gasteiger charge is 2.09. The maximum absolute atomic E-state index is 5.83. The lowest BCUT2D eigenvalue weighted by Gasteiger charge is -2.05. The van der Waals surface area contributed by atoms with Crippen LogP contribution < -0.4 is 16.2 Å². The summed E-state index contributed by atoms with van der Waals surface area (Å²) in [6, 6.07) is 3.45. The average molecular weight is 288 g/mol. The van der Waals surface area contributed by atoms with Gasteiger partial charge in [0.25, 0.3) is 0 Å². The number of nitrogens with two attached hydrogens (primary N) is 2. The topological polar surface area (TPSA) is 99.9 Å². The third-order valence-electron chi connectivity index (χ3n) is 2.13. The van der Waals surface area contributed by atoms with Gasteiger partial charge in [0.05, 0.1) is 7.11 Å². The SMILES string of the molecule is COc1ccc(-c2nc(N)c(N)c(Cl)n2)cn1.Cl. The molecule has 0 aliphatic heterocycles. The highest BCUT2D eigenvalue weighted by molar-refractivity contribution is 6.32. The highest BCUT2D eigenvalue weighted by Crippen LogP contribution is 2.25. The Morgan fingerprint density at radius 3 is 2.44 bits per heavy atom. The number of methoxy groups -OCH3 is 1. The maximum atomic E-state index is 5.83. The summed E-state index contributed by atoms with van der Waals surface area (Å²) in [4.78, 5) is 12.1. The minimum atomic E-state index is 0. The van der Waals surface area contributed by atoms with Crippen LogP contribution in [0.1, 0.15) is 0 Å². The van der Waals surface area contributed by atoms with E-state index in [4.69, 9.17) is 27.8 Å². The van der Waals surface area contributed by atoms with Crippen molar-refractivity contribution in [3.8, 4) is 17.3 Å². The van der Waals surface area contributed by atoms with Gasteiger partial charge in [-0.05, 0) is 6.07 Å². The fourth-order valence-corrected chi connectivity index (χ4v) is 1.40. The van der Waals surface area contributed by atoms with Crippen molar-refractivity contribution in [1.82, 2.24) is 15.0 Å². The van der Waals surface area contributed by atoms with Crippen LogP contribution in [0.15, 0.2) is 18.3 Å². The molecule has 0 amide bonds. The van der Waals surface area contributed by atoms with Gasteiger partial charge in [-0.25, -0.2) is 15.0 Å². The van der Waals surface area contributed by atoms with Crippen molar-refractivity contribution in [2.24, 2.45) is 0 Å². The maximum Gasteiger partial charge on any atom is 0.212 e. The number of anilines is 2. The normalized spacial score (nSPS) is 9.67. The minimum absolute atomic E-state index is 0. The molecule has 0 unspecified atom stereocenters. The van der Waals surface area contributed by atoms with Gasteiger partial charge < -0.3 is 16.2 Å². The minimum Gasteiger partial charge on any atom is -0.481 e. The molecule has 0 spiro atoms. The summed E-state index contributed by atoms with van der Waals surface area (Å²) in [6.45, 7) is 0. The molecule has 0 fully saturated rings. The molecule has 2 aromatic rings. The van der Waals surface area contributed by atoms with Crippen molar-refractivity contribution >= 4 is 35.5 Å². The van der Waals surface area contributed by atoms with Crippen molar-refractivity contribution in [2.75, 3.05) is 18.6 Å². The summed E-state index contributed by atoms with van der Waals surface area (Å²) >= 11 is 5.83. The Kier molecular flexibility index (Phi) is 4.52. The molecule has 0 saturated carbocycles. The molecule has 8 heteroatoms. The Labute approximate surface area is 115 Å². The second-order valence-electron chi connectivity index (χ2n) is 3.23. The first-order valence-electron chi connectivity index (χ1n) is 4.70. The van der Waals surface area contributed by atoms with Gasteiger partial charge in [0.2, 0.25) is 5.88 Å². The molecule has 96 valence electrons. The van der Waals surface area contributed by atoms with E-state index >= 15 is 0 Å². The van der Waals surface area contributed by atoms with Crippen LogP contribution in [0.2, 0.25) is 5.15 Å². The van der Waals surface area contributed by atoms with Gasteiger partial charge in [-0.1, -0.05) is 11.6 Å². The molecule has 0 aromatic carbocycles. The lowest BCUT2D eigenvalue weighted by Crippen LogP contribution is -2.02. The molecule has 6 nitrogen and oxygen atoms in total. The number of rotatable bonds is 2. The van der Waals surface area contributed by atoms with E-state index in [2.05, 4.69) is 15.0 Å². The average Bonchev–Trinajstić information content (AvgIpc) is 2.35. The Morgan fingerprint density at radius 1 is 1.22 bits per heavy atom. The Morgan fingerprint density at radius 2 is 1.94 bits per heavy atom. The zero-order valence-corrected chi connectivity index (χ0v) is 11.0. The molecule has 0 saturated heterocycles. The fraction of sp³-hybridized carbons (Fsp3) is 0.100. The molecule has 0 radical (unpaired) electrons. The first-order chi connectivity index (χ1) is 8.11. The Balaban J connectivity index is 0.00000162. The zero-order chi connectivity index (χ0) is 12.4. The van der Waals surface area contributed by atoms with Crippen molar-refractivity contribution in [1.29, 1.82) is 0 Å². The van der Waals surface area contributed by atoms with Crippen molar-refractivity contribution in [3.63, 3.8) is 0 Å².